The minimum Gasteiger partial charge on any atom is -0.340 e. The highest BCUT2D eigenvalue weighted by molar-refractivity contribution is 5.86. The molecule has 1 N–H and O–H groups in total. The molecule has 0 spiro atoms. The molecule has 2 aliphatic heterocycles. The molecule has 2 aliphatic rings. The second-order valence-corrected chi connectivity index (χ2v) is 6.10. The summed E-state index contributed by atoms with van der Waals surface area (Å²) in [6.45, 7) is 12.3. The summed E-state index contributed by atoms with van der Waals surface area (Å²) in [4.78, 5) is 16.8. The molecule has 0 radical (unpaired) electrons. The second-order valence-electron chi connectivity index (χ2n) is 6.10. The Hall–Kier alpha value is -0.320. The van der Waals surface area contributed by atoms with Crippen molar-refractivity contribution in [2.24, 2.45) is 5.92 Å². The first-order valence-electron chi connectivity index (χ1n) is 7.31. The summed E-state index contributed by atoms with van der Waals surface area (Å²) in [5, 5.41) is 3.46. The van der Waals surface area contributed by atoms with Crippen molar-refractivity contribution in [1.82, 2.24) is 15.1 Å². The SMILES string of the molecule is CCN1CCN(CC2CCCNC2)C(C)(C)C1=O.Cl. The normalized spacial score (nSPS) is 28.1. The van der Waals surface area contributed by atoms with Crippen LogP contribution in [0.5, 0.6) is 0 Å². The van der Waals surface area contributed by atoms with Crippen molar-refractivity contribution < 1.29 is 4.79 Å². The van der Waals surface area contributed by atoms with Gasteiger partial charge in [0.1, 0.15) is 0 Å². The molecule has 0 saturated carbocycles. The highest BCUT2D eigenvalue weighted by Crippen LogP contribution is 2.25. The molecule has 0 aromatic carbocycles. The number of carbonyl (C=O) groups is 1. The fourth-order valence-electron chi connectivity index (χ4n) is 3.16. The van der Waals surface area contributed by atoms with E-state index in [9.17, 15) is 4.79 Å². The number of rotatable bonds is 3. The van der Waals surface area contributed by atoms with Crippen molar-refractivity contribution in [2.45, 2.75) is 39.2 Å². The number of carbonyl (C=O) groups excluding carboxylic acids is 1. The molecule has 0 aromatic rings. The molecule has 19 heavy (non-hydrogen) atoms. The lowest BCUT2D eigenvalue weighted by Crippen LogP contribution is -2.64. The van der Waals surface area contributed by atoms with Gasteiger partial charge in [-0.05, 0) is 52.6 Å². The van der Waals surface area contributed by atoms with Crippen LogP contribution in [0.15, 0.2) is 0 Å². The third kappa shape index (κ3) is 3.61. The molecule has 4 nitrogen and oxygen atoms in total. The van der Waals surface area contributed by atoms with Crippen LogP contribution in [0.2, 0.25) is 0 Å². The molecule has 112 valence electrons. The molecule has 0 aliphatic carbocycles. The predicted molar refractivity (Wildman–Crippen MR) is 80.7 cm³/mol. The first-order chi connectivity index (χ1) is 8.55. The van der Waals surface area contributed by atoms with Gasteiger partial charge in [0.25, 0.3) is 0 Å². The predicted octanol–water partition coefficient (Wildman–Crippen LogP) is 1.35. The summed E-state index contributed by atoms with van der Waals surface area (Å²) in [6, 6.07) is 0. The maximum absolute atomic E-state index is 12.4. The average Bonchev–Trinajstić information content (AvgIpc) is 2.37. The molecule has 2 saturated heterocycles. The van der Waals surface area contributed by atoms with Gasteiger partial charge in [-0.1, -0.05) is 0 Å². The van der Waals surface area contributed by atoms with Gasteiger partial charge in [0.05, 0.1) is 5.54 Å². The molecule has 2 rings (SSSR count). The van der Waals surface area contributed by atoms with Crippen molar-refractivity contribution in [2.75, 3.05) is 39.3 Å². The van der Waals surface area contributed by atoms with E-state index in [0.29, 0.717) is 11.8 Å². The van der Waals surface area contributed by atoms with Gasteiger partial charge < -0.3 is 10.2 Å². The molecule has 1 atom stereocenters. The lowest BCUT2D eigenvalue weighted by atomic mass is 9.92. The minimum atomic E-state index is -0.328. The van der Waals surface area contributed by atoms with Crippen LogP contribution >= 0.6 is 12.4 Å². The zero-order valence-electron chi connectivity index (χ0n) is 12.4. The Morgan fingerprint density at radius 1 is 1.37 bits per heavy atom. The summed E-state index contributed by atoms with van der Waals surface area (Å²) in [5.74, 6) is 0.999. The van der Waals surface area contributed by atoms with Gasteiger partial charge in [-0.3, -0.25) is 9.69 Å². The van der Waals surface area contributed by atoms with Gasteiger partial charge in [0.15, 0.2) is 0 Å². The van der Waals surface area contributed by atoms with Crippen LogP contribution in [0.25, 0.3) is 0 Å². The maximum atomic E-state index is 12.4. The van der Waals surface area contributed by atoms with Gasteiger partial charge in [0, 0.05) is 26.2 Å². The number of halogens is 1. The molecule has 5 heteroatoms. The average molecular weight is 290 g/mol. The summed E-state index contributed by atoms with van der Waals surface area (Å²) in [7, 11) is 0. The quantitative estimate of drug-likeness (QED) is 0.852. The Bertz CT molecular complexity index is 303. The first kappa shape index (κ1) is 16.7. The van der Waals surface area contributed by atoms with Gasteiger partial charge in [-0.25, -0.2) is 0 Å². The van der Waals surface area contributed by atoms with E-state index in [4.69, 9.17) is 0 Å². The topological polar surface area (TPSA) is 35.6 Å². The van der Waals surface area contributed by atoms with E-state index in [2.05, 4.69) is 31.0 Å². The van der Waals surface area contributed by atoms with Gasteiger partial charge in [-0.2, -0.15) is 0 Å². The van der Waals surface area contributed by atoms with Crippen LogP contribution in [0.3, 0.4) is 0 Å². The molecular formula is C14H28ClN3O. The van der Waals surface area contributed by atoms with Crippen molar-refractivity contribution >= 4 is 18.3 Å². The summed E-state index contributed by atoms with van der Waals surface area (Å²) < 4.78 is 0. The number of nitrogens with one attached hydrogen (secondary N) is 1. The van der Waals surface area contributed by atoms with Crippen LogP contribution in [-0.4, -0.2) is 60.5 Å². The zero-order valence-corrected chi connectivity index (χ0v) is 13.3. The summed E-state index contributed by atoms with van der Waals surface area (Å²) in [6.07, 6.45) is 2.57. The van der Waals surface area contributed by atoms with Gasteiger partial charge in [0.2, 0.25) is 5.91 Å². The Kier molecular flexibility index (Phi) is 6.09. The van der Waals surface area contributed by atoms with E-state index in [1.165, 1.54) is 12.8 Å². The fraction of sp³-hybridized carbons (Fsp3) is 0.929. The van der Waals surface area contributed by atoms with Crippen LogP contribution in [-0.2, 0) is 4.79 Å². The number of hydrogen-bond donors (Lipinski definition) is 1. The minimum absolute atomic E-state index is 0. The first-order valence-corrected chi connectivity index (χ1v) is 7.31. The zero-order chi connectivity index (χ0) is 13.2. The Morgan fingerprint density at radius 3 is 2.68 bits per heavy atom. The van der Waals surface area contributed by atoms with Gasteiger partial charge in [-0.15, -0.1) is 12.4 Å². The molecule has 2 heterocycles. The number of nitrogens with zero attached hydrogens (tertiary/aromatic N) is 2. The molecule has 0 bridgehead atoms. The Morgan fingerprint density at radius 2 is 2.11 bits per heavy atom. The number of amides is 1. The Balaban J connectivity index is 0.00000180. The van der Waals surface area contributed by atoms with E-state index in [-0.39, 0.29) is 17.9 Å². The van der Waals surface area contributed by atoms with Crippen LogP contribution in [0.4, 0.5) is 0 Å². The Labute approximate surface area is 123 Å². The molecule has 0 aromatic heterocycles. The third-order valence-corrected chi connectivity index (χ3v) is 4.50. The highest BCUT2D eigenvalue weighted by Gasteiger charge is 2.41. The maximum Gasteiger partial charge on any atom is 0.242 e. The van der Waals surface area contributed by atoms with E-state index in [1.807, 2.05) is 4.90 Å². The van der Waals surface area contributed by atoms with Crippen molar-refractivity contribution in [3.63, 3.8) is 0 Å². The largest absolute Gasteiger partial charge is 0.340 e. The summed E-state index contributed by atoms with van der Waals surface area (Å²) >= 11 is 0. The van der Waals surface area contributed by atoms with E-state index in [0.717, 1.165) is 39.3 Å². The standard InChI is InChI=1S/C14H27N3O.ClH/c1-4-16-8-9-17(14(2,3)13(16)18)11-12-6-5-7-15-10-12;/h12,15H,4-11H2,1-3H3;1H. The lowest BCUT2D eigenvalue weighted by molar-refractivity contribution is -0.149. The van der Waals surface area contributed by atoms with Crippen LogP contribution in [0, 0.1) is 5.92 Å². The molecule has 1 unspecified atom stereocenters. The van der Waals surface area contributed by atoms with Crippen LogP contribution in [0.1, 0.15) is 33.6 Å². The van der Waals surface area contributed by atoms with Gasteiger partial charge >= 0.3 is 0 Å². The number of piperidine rings is 1. The van der Waals surface area contributed by atoms with E-state index in [1.54, 1.807) is 0 Å². The highest BCUT2D eigenvalue weighted by atomic mass is 35.5. The van der Waals surface area contributed by atoms with Crippen LogP contribution < -0.4 is 5.32 Å². The number of piperazine rings is 1. The number of likely N-dealkylation sites (N-methyl/N-ethyl adjacent to an activating group) is 1. The van der Waals surface area contributed by atoms with E-state index < -0.39 is 0 Å². The molecule has 1 amide bonds. The fourth-order valence-corrected chi connectivity index (χ4v) is 3.16. The summed E-state index contributed by atoms with van der Waals surface area (Å²) in [5.41, 5.74) is -0.328. The van der Waals surface area contributed by atoms with Crippen molar-refractivity contribution in [3.8, 4) is 0 Å². The number of hydrogen-bond acceptors (Lipinski definition) is 3. The molecule has 2 fully saturated rings. The van der Waals surface area contributed by atoms with E-state index >= 15 is 0 Å². The van der Waals surface area contributed by atoms with Crippen molar-refractivity contribution in [1.29, 1.82) is 0 Å². The second kappa shape index (κ2) is 6.91. The molecular weight excluding hydrogens is 262 g/mol. The van der Waals surface area contributed by atoms with Crippen molar-refractivity contribution in [3.05, 3.63) is 0 Å². The smallest absolute Gasteiger partial charge is 0.242 e. The third-order valence-electron chi connectivity index (χ3n) is 4.50. The lowest BCUT2D eigenvalue weighted by Gasteiger charge is -2.47. The monoisotopic (exact) mass is 289 g/mol.